The van der Waals surface area contributed by atoms with E-state index in [4.69, 9.17) is 0 Å². The van der Waals surface area contributed by atoms with Crippen molar-refractivity contribution in [3.05, 3.63) is 59.2 Å². The Morgan fingerprint density at radius 1 is 1.00 bits per heavy atom. The number of nitrogens with zero attached hydrogens (tertiary/aromatic N) is 1. The standard InChI is InChI=1S/C25H33N3O3S2/c1-19-5-10-23(17-20(19)2)33(30,31)27-22-8-6-21(7-9-22)24(29)26-18-25(11-3-4-12-25)28-13-15-32-16-14-28/h5-10,17,27H,3-4,11-16,18H2,1-2H3,(H,26,29). The highest BCUT2D eigenvalue weighted by Crippen LogP contribution is 2.36. The third-order valence-corrected chi connectivity index (χ3v) is 9.30. The molecule has 2 aliphatic rings. The number of sulfonamides is 1. The number of amides is 1. The number of carbonyl (C=O) groups excluding carboxylic acids is 1. The van der Waals surface area contributed by atoms with Crippen LogP contribution >= 0.6 is 11.8 Å². The summed E-state index contributed by atoms with van der Waals surface area (Å²) in [6, 6.07) is 11.7. The molecule has 8 heteroatoms. The number of hydrogen-bond donors (Lipinski definition) is 2. The van der Waals surface area contributed by atoms with Crippen molar-refractivity contribution < 1.29 is 13.2 Å². The summed E-state index contributed by atoms with van der Waals surface area (Å²) >= 11 is 2.00. The first kappa shape index (κ1) is 24.1. The molecule has 0 radical (unpaired) electrons. The topological polar surface area (TPSA) is 78.5 Å². The fraction of sp³-hybridized carbons (Fsp3) is 0.480. The van der Waals surface area contributed by atoms with Crippen LogP contribution in [-0.2, 0) is 10.0 Å². The van der Waals surface area contributed by atoms with Crippen LogP contribution in [0.4, 0.5) is 5.69 Å². The van der Waals surface area contributed by atoms with Crippen LogP contribution in [-0.4, -0.2) is 55.9 Å². The molecular weight excluding hydrogens is 454 g/mol. The van der Waals surface area contributed by atoms with Crippen molar-refractivity contribution in [3.63, 3.8) is 0 Å². The lowest BCUT2D eigenvalue weighted by molar-refractivity contribution is 0.0817. The summed E-state index contributed by atoms with van der Waals surface area (Å²) < 4.78 is 28.1. The number of benzene rings is 2. The van der Waals surface area contributed by atoms with E-state index in [1.807, 2.05) is 25.6 Å². The molecule has 1 amide bonds. The van der Waals surface area contributed by atoms with Gasteiger partial charge in [0.15, 0.2) is 0 Å². The third-order valence-electron chi connectivity index (χ3n) is 6.98. The van der Waals surface area contributed by atoms with Crippen molar-refractivity contribution in [3.8, 4) is 0 Å². The van der Waals surface area contributed by atoms with Crippen LogP contribution < -0.4 is 10.0 Å². The quantitative estimate of drug-likeness (QED) is 0.612. The van der Waals surface area contributed by atoms with Gasteiger partial charge in [0, 0.05) is 47.9 Å². The Hall–Kier alpha value is -2.03. The summed E-state index contributed by atoms with van der Waals surface area (Å²) in [4.78, 5) is 15.7. The number of rotatable bonds is 7. The minimum atomic E-state index is -3.69. The summed E-state index contributed by atoms with van der Waals surface area (Å²) in [5, 5.41) is 3.16. The number of anilines is 1. The van der Waals surface area contributed by atoms with Gasteiger partial charge in [0.25, 0.3) is 15.9 Å². The molecule has 0 bridgehead atoms. The maximum Gasteiger partial charge on any atom is 0.261 e. The lowest BCUT2D eigenvalue weighted by atomic mass is 9.94. The van der Waals surface area contributed by atoms with Gasteiger partial charge >= 0.3 is 0 Å². The maximum atomic E-state index is 12.8. The predicted octanol–water partition coefficient (Wildman–Crippen LogP) is 4.20. The number of hydrogen-bond acceptors (Lipinski definition) is 5. The van der Waals surface area contributed by atoms with E-state index in [2.05, 4.69) is 14.9 Å². The Kier molecular flexibility index (Phi) is 7.36. The Labute approximate surface area is 201 Å². The Morgan fingerprint density at radius 2 is 1.67 bits per heavy atom. The fourth-order valence-electron chi connectivity index (χ4n) is 4.81. The van der Waals surface area contributed by atoms with Gasteiger partial charge in [0.2, 0.25) is 0 Å². The van der Waals surface area contributed by atoms with E-state index in [1.165, 1.54) is 12.8 Å². The highest BCUT2D eigenvalue weighted by atomic mass is 32.2. The molecule has 1 saturated carbocycles. The highest BCUT2D eigenvalue weighted by molar-refractivity contribution is 7.99. The molecule has 2 fully saturated rings. The minimum Gasteiger partial charge on any atom is -0.350 e. The van der Waals surface area contributed by atoms with Crippen molar-refractivity contribution in [1.29, 1.82) is 0 Å². The maximum absolute atomic E-state index is 12.8. The normalized spacial score (nSPS) is 18.7. The fourth-order valence-corrected chi connectivity index (χ4v) is 6.85. The zero-order valence-electron chi connectivity index (χ0n) is 19.4. The van der Waals surface area contributed by atoms with Gasteiger partial charge in [-0.1, -0.05) is 18.9 Å². The molecule has 6 nitrogen and oxygen atoms in total. The number of carbonyl (C=O) groups is 1. The van der Waals surface area contributed by atoms with Crippen LogP contribution in [0.15, 0.2) is 47.4 Å². The van der Waals surface area contributed by atoms with Crippen molar-refractivity contribution in [2.24, 2.45) is 0 Å². The number of nitrogens with one attached hydrogen (secondary N) is 2. The third kappa shape index (κ3) is 5.55. The van der Waals surface area contributed by atoms with E-state index in [-0.39, 0.29) is 16.3 Å². The first-order valence-electron chi connectivity index (χ1n) is 11.6. The highest BCUT2D eigenvalue weighted by Gasteiger charge is 2.40. The van der Waals surface area contributed by atoms with Gasteiger partial charge in [0.1, 0.15) is 0 Å². The average molecular weight is 488 g/mol. The molecule has 33 heavy (non-hydrogen) atoms. The first-order chi connectivity index (χ1) is 15.8. The zero-order valence-corrected chi connectivity index (χ0v) is 21.0. The van der Waals surface area contributed by atoms with E-state index in [0.717, 1.165) is 48.6 Å². The molecule has 2 aromatic rings. The monoisotopic (exact) mass is 487 g/mol. The minimum absolute atomic E-state index is 0.0817. The van der Waals surface area contributed by atoms with Crippen molar-refractivity contribution >= 4 is 33.4 Å². The van der Waals surface area contributed by atoms with Gasteiger partial charge in [-0.2, -0.15) is 11.8 Å². The van der Waals surface area contributed by atoms with Gasteiger partial charge < -0.3 is 5.32 Å². The molecule has 0 aromatic heterocycles. The van der Waals surface area contributed by atoms with Crippen molar-refractivity contribution in [2.45, 2.75) is 50.0 Å². The Balaban J connectivity index is 1.39. The van der Waals surface area contributed by atoms with Crippen molar-refractivity contribution in [1.82, 2.24) is 10.2 Å². The second kappa shape index (κ2) is 10.1. The lowest BCUT2D eigenvalue weighted by Crippen LogP contribution is -2.56. The molecule has 2 aromatic carbocycles. The molecule has 0 atom stereocenters. The van der Waals surface area contributed by atoms with Gasteiger partial charge in [-0.05, 0) is 74.2 Å². The van der Waals surface area contributed by atoms with E-state index < -0.39 is 10.0 Å². The molecule has 4 rings (SSSR count). The van der Waals surface area contributed by atoms with Gasteiger partial charge in [0.05, 0.1) is 4.90 Å². The molecular formula is C25H33N3O3S2. The Bertz CT molecular complexity index is 1090. The molecule has 1 aliphatic heterocycles. The van der Waals surface area contributed by atoms with Crippen LogP contribution in [0.5, 0.6) is 0 Å². The van der Waals surface area contributed by atoms with E-state index >= 15 is 0 Å². The summed E-state index contributed by atoms with van der Waals surface area (Å²) in [5.74, 6) is 2.21. The van der Waals surface area contributed by atoms with Gasteiger partial charge in [-0.3, -0.25) is 14.4 Å². The second-order valence-corrected chi connectivity index (χ2v) is 12.0. The number of thioether (sulfide) groups is 1. The van der Waals surface area contributed by atoms with Crippen LogP contribution in [0.2, 0.25) is 0 Å². The summed E-state index contributed by atoms with van der Waals surface area (Å²) in [5.41, 5.74) is 3.02. The Morgan fingerprint density at radius 3 is 2.30 bits per heavy atom. The molecule has 1 heterocycles. The molecule has 1 saturated heterocycles. The molecule has 178 valence electrons. The largest absolute Gasteiger partial charge is 0.350 e. The predicted molar refractivity (Wildman–Crippen MR) is 136 cm³/mol. The van der Waals surface area contributed by atoms with Crippen LogP contribution in [0.1, 0.15) is 47.2 Å². The van der Waals surface area contributed by atoms with Gasteiger partial charge in [-0.15, -0.1) is 0 Å². The van der Waals surface area contributed by atoms with E-state index in [9.17, 15) is 13.2 Å². The zero-order chi connectivity index (χ0) is 23.5. The number of aryl methyl sites for hydroxylation is 2. The van der Waals surface area contributed by atoms with E-state index in [1.54, 1.807) is 42.5 Å². The summed E-state index contributed by atoms with van der Waals surface area (Å²) in [6.07, 6.45) is 4.71. The van der Waals surface area contributed by atoms with Gasteiger partial charge in [-0.25, -0.2) is 8.42 Å². The smallest absolute Gasteiger partial charge is 0.261 e. The van der Waals surface area contributed by atoms with Crippen molar-refractivity contribution in [2.75, 3.05) is 35.9 Å². The summed E-state index contributed by atoms with van der Waals surface area (Å²) in [6.45, 7) is 6.69. The molecule has 0 unspecified atom stereocenters. The SMILES string of the molecule is Cc1ccc(S(=O)(=O)Nc2ccc(C(=O)NCC3(N4CCSCC4)CCCC3)cc2)cc1C. The second-order valence-electron chi connectivity index (χ2n) is 9.14. The van der Waals surface area contributed by atoms with Crippen LogP contribution in [0.3, 0.4) is 0 Å². The first-order valence-corrected chi connectivity index (χ1v) is 14.2. The summed E-state index contributed by atoms with van der Waals surface area (Å²) in [7, 11) is -3.69. The molecule has 2 N–H and O–H groups in total. The van der Waals surface area contributed by atoms with Crippen LogP contribution in [0, 0.1) is 13.8 Å². The average Bonchev–Trinajstić information content (AvgIpc) is 3.30. The lowest BCUT2D eigenvalue weighted by Gasteiger charge is -2.43. The van der Waals surface area contributed by atoms with Crippen LogP contribution in [0.25, 0.3) is 0 Å². The molecule has 0 spiro atoms. The van der Waals surface area contributed by atoms with E-state index in [0.29, 0.717) is 17.8 Å². The molecule has 1 aliphatic carbocycles.